The summed E-state index contributed by atoms with van der Waals surface area (Å²) in [7, 11) is -8.24. The number of anilines is 2. The first kappa shape index (κ1) is 25.2. The van der Waals surface area contributed by atoms with Crippen molar-refractivity contribution in [2.45, 2.75) is 23.6 Å². The van der Waals surface area contributed by atoms with Gasteiger partial charge in [0.15, 0.2) is 5.69 Å². The fraction of sp³-hybridized carbons (Fsp3) is 0.0870. The van der Waals surface area contributed by atoms with Crippen molar-refractivity contribution >= 4 is 54.5 Å². The Balaban J connectivity index is 1.55. The molecule has 3 aromatic carbocycles. The van der Waals surface area contributed by atoms with Gasteiger partial charge >= 0.3 is 5.91 Å². The summed E-state index contributed by atoms with van der Waals surface area (Å²) in [4.78, 5) is 12.6. The summed E-state index contributed by atoms with van der Waals surface area (Å²) in [5.41, 5.74) is 4.71. The number of sulfonamides is 1. The molecular formula is C23H22N5O6S2+. The first-order valence-corrected chi connectivity index (χ1v) is 13.5. The Kier molecular flexibility index (Phi) is 6.73. The standard InChI is InChI=1S/C23H21N5O6S2/c1-15-8-9-18(14-21(15)35(30,31)27-17-6-4-3-5-7-17)24-25-22-16(2)26-28(23(22)29)19-10-12-20(13-11-19)36(32,33)34/h3-14,24,27H,1-2H3,(H,32,33,34)/p+1. The van der Waals surface area contributed by atoms with Gasteiger partial charge in [-0.15, -0.1) is 5.01 Å². The number of benzene rings is 3. The molecule has 0 saturated carbocycles. The zero-order chi connectivity index (χ0) is 26.1. The van der Waals surface area contributed by atoms with Crippen LogP contribution in [0, 0.1) is 6.92 Å². The summed E-state index contributed by atoms with van der Waals surface area (Å²) < 4.78 is 60.0. The van der Waals surface area contributed by atoms with Gasteiger partial charge in [-0.25, -0.2) is 13.2 Å². The molecule has 0 spiro atoms. The topological polar surface area (TPSA) is 159 Å². The number of nitrogens with zero attached hydrogens (tertiary/aromatic N) is 2. The second-order valence-electron chi connectivity index (χ2n) is 7.90. The summed E-state index contributed by atoms with van der Waals surface area (Å²) in [6.45, 7) is 3.26. The molecule has 0 radical (unpaired) electrons. The molecule has 1 heterocycles. The molecule has 36 heavy (non-hydrogen) atoms. The molecule has 1 atom stereocenters. The molecule has 11 nitrogen and oxygen atoms in total. The molecule has 0 fully saturated rings. The number of quaternary nitrogens is 1. The fourth-order valence-corrected chi connectivity index (χ4v) is 5.27. The van der Waals surface area contributed by atoms with Gasteiger partial charge in [-0.05, 0) is 55.8 Å². The van der Waals surface area contributed by atoms with Gasteiger partial charge in [-0.3, -0.25) is 14.7 Å². The number of aryl methyl sites for hydroxylation is 1. The van der Waals surface area contributed by atoms with Gasteiger partial charge in [0.25, 0.3) is 20.1 Å². The Bertz CT molecular complexity index is 1600. The molecule has 3 aromatic rings. The van der Waals surface area contributed by atoms with E-state index in [4.69, 9.17) is 4.55 Å². The summed E-state index contributed by atoms with van der Waals surface area (Å²) in [5.74, 6) is -0.495. The van der Waals surface area contributed by atoms with Gasteiger partial charge in [0.05, 0.1) is 15.5 Å². The third-order valence-corrected chi connectivity index (χ3v) is 7.67. The minimum Gasteiger partial charge on any atom is -0.282 e. The van der Waals surface area contributed by atoms with Crippen LogP contribution < -0.4 is 15.2 Å². The number of hydrazone groups is 1. The smallest absolute Gasteiger partial charge is 0.282 e. The maximum atomic E-state index is 12.9. The third kappa shape index (κ3) is 5.33. The van der Waals surface area contributed by atoms with Crippen molar-refractivity contribution in [1.82, 2.24) is 0 Å². The molecule has 0 aromatic heterocycles. The van der Waals surface area contributed by atoms with Crippen LogP contribution in [0.15, 0.2) is 92.8 Å². The first-order valence-electron chi connectivity index (χ1n) is 10.5. The van der Waals surface area contributed by atoms with E-state index in [2.05, 4.69) is 20.4 Å². The monoisotopic (exact) mass is 528 g/mol. The van der Waals surface area contributed by atoms with E-state index in [9.17, 15) is 21.6 Å². The van der Waals surface area contributed by atoms with E-state index in [1.807, 2.05) is 0 Å². The van der Waals surface area contributed by atoms with Crippen molar-refractivity contribution in [3.8, 4) is 0 Å². The average molecular weight is 529 g/mol. The molecule has 4 rings (SSSR count). The van der Waals surface area contributed by atoms with E-state index in [0.29, 0.717) is 28.3 Å². The normalized spacial score (nSPS) is 17.2. The molecule has 0 saturated heterocycles. The van der Waals surface area contributed by atoms with Crippen LogP contribution in [0.4, 0.5) is 17.1 Å². The summed E-state index contributed by atoms with van der Waals surface area (Å²) >= 11 is 0. The number of nitrogens with one attached hydrogen (secondary N) is 3. The first-order chi connectivity index (χ1) is 17.0. The fourth-order valence-electron chi connectivity index (χ4n) is 3.46. The number of rotatable bonds is 7. The lowest BCUT2D eigenvalue weighted by atomic mass is 10.2. The minimum atomic E-state index is -4.36. The van der Waals surface area contributed by atoms with Crippen LogP contribution >= 0.6 is 0 Å². The Hall–Kier alpha value is -3.91. The SMILES string of the molecule is CC1=N[NH+](c2ccc(S(=O)(=O)O)cc2)C(=O)C1=NNc1ccc(C)c(S(=O)(=O)Nc2ccccc2)c1. The molecule has 1 unspecified atom stereocenters. The van der Waals surface area contributed by atoms with E-state index >= 15 is 0 Å². The number of amides is 1. The summed E-state index contributed by atoms with van der Waals surface area (Å²) in [6, 6.07) is 18.2. The van der Waals surface area contributed by atoms with Crippen molar-refractivity contribution in [1.29, 1.82) is 0 Å². The Labute approximate surface area is 208 Å². The van der Waals surface area contributed by atoms with Gasteiger partial charge < -0.3 is 0 Å². The van der Waals surface area contributed by atoms with Crippen molar-refractivity contribution in [3.05, 3.63) is 78.4 Å². The van der Waals surface area contributed by atoms with Crippen molar-refractivity contribution in [3.63, 3.8) is 0 Å². The Morgan fingerprint density at radius 1 is 0.889 bits per heavy atom. The minimum absolute atomic E-state index is 0.0243. The Morgan fingerprint density at radius 2 is 1.56 bits per heavy atom. The van der Waals surface area contributed by atoms with Gasteiger partial charge in [0.1, 0.15) is 5.71 Å². The van der Waals surface area contributed by atoms with Gasteiger partial charge in [-0.2, -0.15) is 13.5 Å². The van der Waals surface area contributed by atoms with E-state index in [0.717, 1.165) is 0 Å². The van der Waals surface area contributed by atoms with Crippen LogP contribution in [0.2, 0.25) is 0 Å². The Morgan fingerprint density at radius 3 is 2.19 bits per heavy atom. The van der Waals surface area contributed by atoms with Gasteiger partial charge in [-0.1, -0.05) is 29.4 Å². The maximum Gasteiger partial charge on any atom is 0.397 e. The maximum absolute atomic E-state index is 12.9. The van der Waals surface area contributed by atoms with Gasteiger partial charge in [0, 0.05) is 17.8 Å². The zero-order valence-corrected chi connectivity index (χ0v) is 20.8. The van der Waals surface area contributed by atoms with Gasteiger partial charge in [0.2, 0.25) is 5.71 Å². The summed E-state index contributed by atoms with van der Waals surface area (Å²) in [6.07, 6.45) is 0. The van der Waals surface area contributed by atoms with Crippen LogP contribution in [-0.2, 0) is 24.9 Å². The highest BCUT2D eigenvalue weighted by Gasteiger charge is 2.37. The molecule has 13 heteroatoms. The van der Waals surface area contributed by atoms with Crippen LogP contribution in [0.3, 0.4) is 0 Å². The van der Waals surface area contributed by atoms with E-state index in [1.165, 1.54) is 30.3 Å². The quantitative estimate of drug-likeness (QED) is 0.269. The molecule has 4 N–H and O–H groups in total. The van der Waals surface area contributed by atoms with Crippen LogP contribution in [0.25, 0.3) is 0 Å². The molecule has 0 aliphatic carbocycles. The van der Waals surface area contributed by atoms with Crippen LogP contribution in [-0.4, -0.2) is 38.7 Å². The lowest BCUT2D eigenvalue weighted by Gasteiger charge is -2.12. The molecule has 1 amide bonds. The number of hydrogen-bond acceptors (Lipinski definition) is 8. The second kappa shape index (κ2) is 9.62. The van der Waals surface area contributed by atoms with E-state index < -0.39 is 26.0 Å². The number of hydrogen-bond donors (Lipinski definition) is 4. The predicted molar refractivity (Wildman–Crippen MR) is 134 cm³/mol. The number of para-hydroxylation sites is 1. The molecular weight excluding hydrogens is 506 g/mol. The highest BCUT2D eigenvalue weighted by molar-refractivity contribution is 7.92. The molecule has 0 bridgehead atoms. The molecule has 1 aliphatic heterocycles. The zero-order valence-electron chi connectivity index (χ0n) is 19.1. The largest absolute Gasteiger partial charge is 0.397 e. The summed E-state index contributed by atoms with van der Waals surface area (Å²) in [5, 5.41) is 8.44. The highest BCUT2D eigenvalue weighted by Crippen LogP contribution is 2.23. The third-order valence-electron chi connectivity index (χ3n) is 5.28. The molecule has 186 valence electrons. The van der Waals surface area contributed by atoms with E-state index in [-0.39, 0.29) is 20.5 Å². The second-order valence-corrected chi connectivity index (χ2v) is 11.0. The highest BCUT2D eigenvalue weighted by atomic mass is 32.2. The number of carbonyl (C=O) groups is 1. The average Bonchev–Trinajstić information content (AvgIpc) is 3.11. The number of carbonyl (C=O) groups excluding carboxylic acids is 1. The lowest BCUT2D eigenvalue weighted by Crippen LogP contribution is -3.04. The van der Waals surface area contributed by atoms with Crippen molar-refractivity contribution < 1.29 is 31.2 Å². The predicted octanol–water partition coefficient (Wildman–Crippen LogP) is 1.94. The van der Waals surface area contributed by atoms with Crippen molar-refractivity contribution in [2.24, 2.45) is 10.2 Å². The van der Waals surface area contributed by atoms with Crippen LogP contribution in [0.1, 0.15) is 12.5 Å². The lowest BCUT2D eigenvalue weighted by molar-refractivity contribution is -0.748. The van der Waals surface area contributed by atoms with E-state index in [1.54, 1.807) is 56.3 Å². The van der Waals surface area contributed by atoms with Crippen molar-refractivity contribution in [2.75, 3.05) is 10.1 Å². The van der Waals surface area contributed by atoms with Crippen LogP contribution in [0.5, 0.6) is 0 Å². The molecule has 1 aliphatic rings.